The van der Waals surface area contributed by atoms with Gasteiger partial charge in [0.2, 0.25) is 23.0 Å². The Morgan fingerprint density at radius 2 is 1.67 bits per heavy atom. The summed E-state index contributed by atoms with van der Waals surface area (Å²) in [5.41, 5.74) is 2.76. The van der Waals surface area contributed by atoms with Crippen molar-refractivity contribution in [3.05, 3.63) is 45.6 Å². The van der Waals surface area contributed by atoms with Crippen LogP contribution in [0.5, 0.6) is 17.2 Å². The van der Waals surface area contributed by atoms with E-state index in [4.69, 9.17) is 18.9 Å². The monoisotopic (exact) mass is 625 g/mol. The summed E-state index contributed by atoms with van der Waals surface area (Å²) in [5.74, 6) is 0.142. The Kier molecular flexibility index (Phi) is 12.2. The molecule has 2 amide bonds. The number of fused-ring (bicyclic) bond motifs is 3. The first kappa shape index (κ1) is 35.2. The predicted octanol–water partition coefficient (Wildman–Crippen LogP) is 4.39. The fourth-order valence-corrected chi connectivity index (χ4v) is 5.79. The van der Waals surface area contributed by atoms with Crippen LogP contribution in [0.1, 0.15) is 71.0 Å². The van der Waals surface area contributed by atoms with Crippen molar-refractivity contribution < 1.29 is 33.3 Å². The zero-order valence-electron chi connectivity index (χ0n) is 27.8. The van der Waals surface area contributed by atoms with Crippen molar-refractivity contribution in [2.24, 2.45) is 11.8 Å². The quantitative estimate of drug-likeness (QED) is 0.276. The molecular weight excluding hydrogens is 578 g/mol. The maximum Gasteiger partial charge on any atom is 0.328 e. The molecule has 2 aromatic rings. The van der Waals surface area contributed by atoms with Gasteiger partial charge in [0.25, 0.3) is 0 Å². The number of hydrogen-bond acceptors (Lipinski definition) is 9. The second kappa shape index (κ2) is 15.6. The Balaban J connectivity index is 2.19. The highest BCUT2D eigenvalue weighted by atomic mass is 16.5. The smallest absolute Gasteiger partial charge is 0.328 e. The molecule has 2 aromatic carbocycles. The first-order valence-corrected chi connectivity index (χ1v) is 15.3. The van der Waals surface area contributed by atoms with E-state index in [1.165, 1.54) is 27.2 Å². The molecule has 0 bridgehead atoms. The molecule has 0 unspecified atom stereocenters. The fraction of sp³-hybridized carbons (Fsp3) is 0.529. The number of ether oxygens (including phenoxy) is 4. The van der Waals surface area contributed by atoms with E-state index in [9.17, 15) is 19.2 Å². The van der Waals surface area contributed by atoms with E-state index in [0.29, 0.717) is 54.1 Å². The largest absolute Gasteiger partial charge is 0.493 e. The molecule has 3 rings (SSSR count). The van der Waals surface area contributed by atoms with Crippen LogP contribution in [0.4, 0.5) is 5.69 Å². The molecule has 4 atom stereocenters. The topological polar surface area (TPSA) is 141 Å². The van der Waals surface area contributed by atoms with Crippen LogP contribution >= 0.6 is 0 Å². The molecule has 11 nitrogen and oxygen atoms in total. The van der Waals surface area contributed by atoms with Crippen molar-refractivity contribution in [3.8, 4) is 28.4 Å². The predicted molar refractivity (Wildman–Crippen MR) is 173 cm³/mol. The highest BCUT2D eigenvalue weighted by Gasteiger charge is 2.32. The van der Waals surface area contributed by atoms with Crippen molar-refractivity contribution in [1.29, 1.82) is 0 Å². The third kappa shape index (κ3) is 8.06. The van der Waals surface area contributed by atoms with Gasteiger partial charge in [0.15, 0.2) is 11.5 Å². The van der Waals surface area contributed by atoms with Gasteiger partial charge in [-0.05, 0) is 66.0 Å². The lowest BCUT2D eigenvalue weighted by molar-refractivity contribution is -0.145. The Hall–Kier alpha value is -4.28. The van der Waals surface area contributed by atoms with Gasteiger partial charge in [0, 0.05) is 12.5 Å². The summed E-state index contributed by atoms with van der Waals surface area (Å²) in [6, 6.07) is 4.73. The average molecular weight is 626 g/mol. The fourth-order valence-electron chi connectivity index (χ4n) is 5.79. The number of rotatable bonds is 13. The van der Waals surface area contributed by atoms with E-state index >= 15 is 0 Å². The summed E-state index contributed by atoms with van der Waals surface area (Å²) in [4.78, 5) is 52.2. The van der Waals surface area contributed by atoms with Gasteiger partial charge in [-0.1, -0.05) is 40.2 Å². The minimum absolute atomic E-state index is 0.135. The second-order valence-corrected chi connectivity index (χ2v) is 11.8. The van der Waals surface area contributed by atoms with Gasteiger partial charge in [0.1, 0.15) is 12.1 Å². The molecule has 246 valence electrons. The zero-order valence-corrected chi connectivity index (χ0v) is 27.8. The van der Waals surface area contributed by atoms with Crippen LogP contribution in [-0.2, 0) is 25.5 Å². The average Bonchev–Trinajstić information content (AvgIpc) is 3.25. The third-order valence-corrected chi connectivity index (χ3v) is 8.23. The third-order valence-electron chi connectivity index (χ3n) is 8.23. The van der Waals surface area contributed by atoms with Crippen molar-refractivity contribution in [3.63, 3.8) is 0 Å². The van der Waals surface area contributed by atoms with E-state index in [0.717, 1.165) is 11.1 Å². The number of anilines is 1. The molecule has 0 heterocycles. The van der Waals surface area contributed by atoms with Crippen LogP contribution in [0.3, 0.4) is 0 Å². The van der Waals surface area contributed by atoms with E-state index < -0.39 is 30.0 Å². The number of hydrogen-bond donors (Lipinski definition) is 3. The van der Waals surface area contributed by atoms with Crippen molar-refractivity contribution in [2.75, 3.05) is 33.8 Å². The van der Waals surface area contributed by atoms with Crippen LogP contribution in [0.2, 0.25) is 0 Å². The van der Waals surface area contributed by atoms with Gasteiger partial charge < -0.3 is 34.9 Å². The Morgan fingerprint density at radius 3 is 2.22 bits per heavy atom. The molecule has 0 spiro atoms. The Labute approximate surface area is 265 Å². The lowest BCUT2D eigenvalue weighted by Crippen LogP contribution is -2.51. The molecule has 11 heteroatoms. The van der Waals surface area contributed by atoms with Gasteiger partial charge in [0.05, 0.1) is 40.2 Å². The number of esters is 1. The van der Waals surface area contributed by atoms with Crippen LogP contribution in [0.15, 0.2) is 29.1 Å². The maximum atomic E-state index is 13.9. The first-order valence-electron chi connectivity index (χ1n) is 15.3. The molecule has 0 aliphatic heterocycles. The Morgan fingerprint density at radius 1 is 0.978 bits per heavy atom. The molecule has 1 aliphatic rings. The number of nitrogens with one attached hydrogen (secondary N) is 3. The molecule has 1 aliphatic carbocycles. The standard InChI is InChI=1S/C34H47N3O8/c1-10-19(4)30(33(40)37-26(15-18(2)3)34(41)45-9)36-25-14-12-22-23(17-27(25)39)24(35-20(5)38)13-11-21-16-28(42-6)31(43-7)32(44-8)29(21)22/h12,14,16-19,24,26,30H,10-11,13,15H2,1-9H3,(H,35,38)(H,36,39)(H,37,40)/t19-,24-,26-,30-/m1/s1. The van der Waals surface area contributed by atoms with Crippen LogP contribution < -0.4 is 35.6 Å². The zero-order chi connectivity index (χ0) is 33.4. The highest BCUT2D eigenvalue weighted by molar-refractivity contribution is 5.90. The minimum Gasteiger partial charge on any atom is -0.493 e. The van der Waals surface area contributed by atoms with Gasteiger partial charge >= 0.3 is 5.97 Å². The molecule has 0 aromatic heterocycles. The van der Waals surface area contributed by atoms with Gasteiger partial charge in [-0.2, -0.15) is 0 Å². The maximum absolute atomic E-state index is 13.9. The number of methoxy groups -OCH3 is 4. The first-order chi connectivity index (χ1) is 21.4. The molecular formula is C34H47N3O8. The Bertz CT molecular complexity index is 1460. The van der Waals surface area contributed by atoms with Crippen molar-refractivity contribution in [2.45, 2.75) is 78.4 Å². The van der Waals surface area contributed by atoms with E-state index in [1.54, 1.807) is 26.4 Å². The van der Waals surface area contributed by atoms with E-state index in [1.807, 2.05) is 33.8 Å². The summed E-state index contributed by atoms with van der Waals surface area (Å²) in [6.45, 7) is 9.21. The van der Waals surface area contributed by atoms with Gasteiger partial charge in [-0.3, -0.25) is 14.4 Å². The molecule has 0 fully saturated rings. The number of carbonyl (C=O) groups is 3. The molecule has 3 N–H and O–H groups in total. The molecule has 0 saturated carbocycles. The summed E-state index contributed by atoms with van der Waals surface area (Å²) >= 11 is 0. The molecule has 0 saturated heterocycles. The number of aryl methyl sites for hydroxylation is 1. The van der Waals surface area contributed by atoms with Crippen molar-refractivity contribution in [1.82, 2.24) is 10.6 Å². The van der Waals surface area contributed by atoms with Gasteiger partial charge in [-0.25, -0.2) is 4.79 Å². The number of carbonyl (C=O) groups excluding carboxylic acids is 3. The SMILES string of the molecule is CC[C@@H](C)[C@@H](Nc1ccc2c(cc1=O)[C@H](NC(C)=O)CCc1cc(OC)c(OC)c(OC)c1-2)C(=O)N[C@H](CC(C)C)C(=O)OC. The number of amides is 2. The van der Waals surface area contributed by atoms with E-state index in [2.05, 4.69) is 16.0 Å². The van der Waals surface area contributed by atoms with E-state index in [-0.39, 0.29) is 28.9 Å². The summed E-state index contributed by atoms with van der Waals surface area (Å²) in [5, 5.41) is 9.02. The summed E-state index contributed by atoms with van der Waals surface area (Å²) in [7, 11) is 5.91. The van der Waals surface area contributed by atoms with Gasteiger partial charge in [-0.15, -0.1) is 0 Å². The molecule has 45 heavy (non-hydrogen) atoms. The lowest BCUT2D eigenvalue weighted by atomic mass is 9.95. The van der Waals surface area contributed by atoms with Crippen LogP contribution in [0.25, 0.3) is 11.1 Å². The second-order valence-electron chi connectivity index (χ2n) is 11.8. The van der Waals surface area contributed by atoms with Crippen LogP contribution in [0, 0.1) is 11.8 Å². The molecule has 0 radical (unpaired) electrons. The highest BCUT2D eigenvalue weighted by Crippen LogP contribution is 2.50. The van der Waals surface area contributed by atoms with Crippen LogP contribution in [-0.4, -0.2) is 58.3 Å². The number of benzene rings is 1. The summed E-state index contributed by atoms with van der Waals surface area (Å²) in [6.07, 6.45) is 2.14. The summed E-state index contributed by atoms with van der Waals surface area (Å²) < 4.78 is 22.0. The minimum atomic E-state index is -0.820. The normalized spacial score (nSPS) is 15.7. The lowest BCUT2D eigenvalue weighted by Gasteiger charge is -2.27. The van der Waals surface area contributed by atoms with Crippen molar-refractivity contribution >= 4 is 23.5 Å².